The van der Waals surface area contributed by atoms with Crippen molar-refractivity contribution >= 4 is 11.1 Å². The number of hydrogen-bond donors (Lipinski definition) is 1. The Hall–Kier alpha value is -3.24. The summed E-state index contributed by atoms with van der Waals surface area (Å²) in [5, 5.41) is 9.80. The summed E-state index contributed by atoms with van der Waals surface area (Å²) in [6.45, 7) is 6.21. The lowest BCUT2D eigenvalue weighted by Crippen LogP contribution is -2.29. The molecule has 4 nitrogen and oxygen atoms in total. The fraction of sp³-hybridized carbons (Fsp3) is 0.333. The Morgan fingerprint density at radius 2 is 1.26 bits per heavy atom. The molecule has 1 heterocycles. The smallest absolute Gasteiger partial charge is 0.119 e. The van der Waals surface area contributed by atoms with E-state index in [2.05, 4.69) is 48.2 Å². The number of nitrogens with zero attached hydrogens (tertiary/aromatic N) is 1. The van der Waals surface area contributed by atoms with Crippen LogP contribution >= 0.6 is 0 Å². The first-order chi connectivity index (χ1) is 16.6. The third kappa shape index (κ3) is 6.21. The minimum atomic E-state index is 0.262. The maximum atomic E-state index is 9.80. The van der Waals surface area contributed by atoms with Crippen LogP contribution < -0.4 is 9.47 Å². The van der Waals surface area contributed by atoms with E-state index in [-0.39, 0.29) is 5.75 Å². The zero-order chi connectivity index (χ0) is 23.8. The number of benzene rings is 3. The molecule has 1 N–H and O–H groups in total. The standard InChI is InChI=1S/C30H35NO3/c1-23(24-9-15-28(33-2)16-10-24)30(25-7-13-27(32)14-8-25)26-11-17-29(18-12-26)34-22-21-31-19-5-3-4-6-20-31/h7-18,32H,3-6,19-22H2,1-2H3/b30-23+. The number of aromatic hydroxyl groups is 1. The van der Waals surface area contributed by atoms with Crippen LogP contribution in [0.15, 0.2) is 72.8 Å². The Morgan fingerprint density at radius 3 is 1.85 bits per heavy atom. The molecule has 0 aromatic heterocycles. The van der Waals surface area contributed by atoms with E-state index in [1.165, 1.54) is 38.8 Å². The van der Waals surface area contributed by atoms with Gasteiger partial charge in [0.2, 0.25) is 0 Å². The topological polar surface area (TPSA) is 41.9 Å². The summed E-state index contributed by atoms with van der Waals surface area (Å²) in [6, 6.07) is 23.9. The van der Waals surface area contributed by atoms with Crippen molar-refractivity contribution in [3.8, 4) is 17.2 Å². The van der Waals surface area contributed by atoms with Crippen LogP contribution in [0.1, 0.15) is 49.3 Å². The van der Waals surface area contributed by atoms with Gasteiger partial charge < -0.3 is 14.6 Å². The van der Waals surface area contributed by atoms with Crippen LogP contribution in [0.4, 0.5) is 0 Å². The molecule has 34 heavy (non-hydrogen) atoms. The van der Waals surface area contributed by atoms with Gasteiger partial charge in [0.15, 0.2) is 0 Å². The summed E-state index contributed by atoms with van der Waals surface area (Å²) < 4.78 is 11.4. The second kappa shape index (κ2) is 11.8. The van der Waals surface area contributed by atoms with E-state index in [0.29, 0.717) is 6.61 Å². The van der Waals surface area contributed by atoms with E-state index in [4.69, 9.17) is 9.47 Å². The van der Waals surface area contributed by atoms with E-state index in [1.54, 1.807) is 19.2 Å². The molecule has 178 valence electrons. The number of methoxy groups -OCH3 is 1. The third-order valence-corrected chi connectivity index (χ3v) is 6.57. The van der Waals surface area contributed by atoms with Gasteiger partial charge in [-0.3, -0.25) is 4.90 Å². The molecule has 0 aliphatic carbocycles. The number of phenols is 1. The Balaban J connectivity index is 1.54. The predicted molar refractivity (Wildman–Crippen MR) is 140 cm³/mol. The Morgan fingerprint density at radius 1 is 0.735 bits per heavy atom. The van der Waals surface area contributed by atoms with Crippen molar-refractivity contribution in [2.45, 2.75) is 32.6 Å². The molecule has 0 bridgehead atoms. The molecular weight excluding hydrogens is 422 g/mol. The van der Waals surface area contributed by atoms with E-state index < -0.39 is 0 Å². The zero-order valence-electron chi connectivity index (χ0n) is 20.3. The molecule has 0 saturated carbocycles. The van der Waals surface area contributed by atoms with Gasteiger partial charge in [-0.15, -0.1) is 0 Å². The van der Waals surface area contributed by atoms with Crippen molar-refractivity contribution in [2.24, 2.45) is 0 Å². The van der Waals surface area contributed by atoms with Gasteiger partial charge in [-0.05, 0) is 97.1 Å². The van der Waals surface area contributed by atoms with Crippen LogP contribution in [0, 0.1) is 0 Å². The molecule has 1 aliphatic rings. The minimum absolute atomic E-state index is 0.262. The van der Waals surface area contributed by atoms with Gasteiger partial charge in [-0.25, -0.2) is 0 Å². The highest BCUT2D eigenvalue weighted by Crippen LogP contribution is 2.34. The highest BCUT2D eigenvalue weighted by Gasteiger charge is 2.12. The van der Waals surface area contributed by atoms with Crippen LogP contribution in [-0.2, 0) is 0 Å². The molecule has 1 saturated heterocycles. The van der Waals surface area contributed by atoms with Gasteiger partial charge in [-0.2, -0.15) is 0 Å². The molecule has 0 spiro atoms. The Labute approximate surface area is 203 Å². The van der Waals surface area contributed by atoms with Gasteiger partial charge in [0, 0.05) is 6.54 Å². The average molecular weight is 458 g/mol. The first kappa shape index (κ1) is 23.9. The maximum Gasteiger partial charge on any atom is 0.119 e. The lowest BCUT2D eigenvalue weighted by molar-refractivity contribution is 0.214. The normalized spacial score (nSPS) is 15.4. The van der Waals surface area contributed by atoms with Crippen molar-refractivity contribution in [1.82, 2.24) is 4.90 Å². The lowest BCUT2D eigenvalue weighted by Gasteiger charge is -2.20. The summed E-state index contributed by atoms with van der Waals surface area (Å²) >= 11 is 0. The quantitative estimate of drug-likeness (QED) is 0.385. The number of likely N-dealkylation sites (tertiary alicyclic amines) is 1. The molecule has 4 rings (SSSR count). The number of allylic oxidation sites excluding steroid dienone is 1. The molecule has 1 fully saturated rings. The molecule has 3 aromatic rings. The Bertz CT molecular complexity index is 1060. The van der Waals surface area contributed by atoms with E-state index in [0.717, 1.165) is 45.9 Å². The highest BCUT2D eigenvalue weighted by atomic mass is 16.5. The third-order valence-electron chi connectivity index (χ3n) is 6.57. The maximum absolute atomic E-state index is 9.80. The molecule has 4 heteroatoms. The number of phenolic OH excluding ortho intramolecular Hbond substituents is 1. The molecule has 0 radical (unpaired) electrons. The summed E-state index contributed by atoms with van der Waals surface area (Å²) in [5.74, 6) is 1.99. The highest BCUT2D eigenvalue weighted by molar-refractivity contribution is 5.98. The van der Waals surface area contributed by atoms with E-state index in [1.807, 2.05) is 24.3 Å². The Kier molecular flexibility index (Phi) is 8.26. The van der Waals surface area contributed by atoms with E-state index >= 15 is 0 Å². The van der Waals surface area contributed by atoms with Crippen LogP contribution in [0.2, 0.25) is 0 Å². The summed E-state index contributed by atoms with van der Waals surface area (Å²) in [6.07, 6.45) is 5.31. The zero-order valence-corrected chi connectivity index (χ0v) is 20.3. The van der Waals surface area contributed by atoms with Gasteiger partial charge in [-0.1, -0.05) is 49.2 Å². The van der Waals surface area contributed by atoms with Gasteiger partial charge in [0.05, 0.1) is 7.11 Å². The van der Waals surface area contributed by atoms with Crippen LogP contribution in [0.5, 0.6) is 17.2 Å². The minimum Gasteiger partial charge on any atom is -0.508 e. The fourth-order valence-corrected chi connectivity index (χ4v) is 4.58. The van der Waals surface area contributed by atoms with Crippen LogP contribution in [-0.4, -0.2) is 43.4 Å². The monoisotopic (exact) mass is 457 g/mol. The number of hydrogen-bond acceptors (Lipinski definition) is 4. The summed E-state index contributed by atoms with van der Waals surface area (Å²) in [5.41, 5.74) is 5.57. The van der Waals surface area contributed by atoms with Crippen molar-refractivity contribution < 1.29 is 14.6 Å². The van der Waals surface area contributed by atoms with E-state index in [9.17, 15) is 5.11 Å². The van der Waals surface area contributed by atoms with Crippen molar-refractivity contribution in [3.63, 3.8) is 0 Å². The second-order valence-corrected chi connectivity index (χ2v) is 8.90. The molecule has 0 amide bonds. The molecular formula is C30H35NO3. The SMILES string of the molecule is COc1ccc(/C(C)=C(\c2ccc(O)cc2)c2ccc(OCCN3CCCCCC3)cc2)cc1. The molecule has 0 atom stereocenters. The van der Waals surface area contributed by atoms with Gasteiger partial charge in [0.1, 0.15) is 23.9 Å². The van der Waals surface area contributed by atoms with Crippen molar-refractivity contribution in [2.75, 3.05) is 33.4 Å². The second-order valence-electron chi connectivity index (χ2n) is 8.90. The van der Waals surface area contributed by atoms with Crippen molar-refractivity contribution in [1.29, 1.82) is 0 Å². The first-order valence-corrected chi connectivity index (χ1v) is 12.2. The lowest BCUT2D eigenvalue weighted by atomic mass is 9.90. The predicted octanol–water partition coefficient (Wildman–Crippen LogP) is 6.63. The van der Waals surface area contributed by atoms with Crippen molar-refractivity contribution in [3.05, 3.63) is 89.5 Å². The first-order valence-electron chi connectivity index (χ1n) is 12.2. The largest absolute Gasteiger partial charge is 0.508 e. The summed E-state index contributed by atoms with van der Waals surface area (Å²) in [4.78, 5) is 2.52. The average Bonchev–Trinajstić information content (AvgIpc) is 3.15. The van der Waals surface area contributed by atoms with Gasteiger partial charge >= 0.3 is 0 Å². The number of ether oxygens (including phenoxy) is 2. The fourth-order valence-electron chi connectivity index (χ4n) is 4.58. The molecule has 0 unspecified atom stereocenters. The molecule has 1 aliphatic heterocycles. The van der Waals surface area contributed by atoms with Crippen LogP contribution in [0.25, 0.3) is 11.1 Å². The number of rotatable bonds is 8. The molecule has 3 aromatic carbocycles. The van der Waals surface area contributed by atoms with Gasteiger partial charge in [0.25, 0.3) is 0 Å². The summed E-state index contributed by atoms with van der Waals surface area (Å²) in [7, 11) is 1.68. The van der Waals surface area contributed by atoms with Crippen LogP contribution in [0.3, 0.4) is 0 Å².